The second-order valence-corrected chi connectivity index (χ2v) is 7.18. The highest BCUT2D eigenvalue weighted by Gasteiger charge is 2.25. The number of halogens is 1. The molecule has 1 unspecified atom stereocenters. The zero-order valence-electron chi connectivity index (χ0n) is 17.7. The Labute approximate surface area is 199 Å². The number of benzene rings is 2. The molecule has 1 aliphatic heterocycles. The summed E-state index contributed by atoms with van der Waals surface area (Å²) in [6.45, 7) is 2.40. The van der Waals surface area contributed by atoms with Crippen LogP contribution in [0.25, 0.3) is 11.5 Å². The standard InChI is InChI=1S/C23H27N5O2.HI/c1-24-23(25-14-19-16-30-22(26-19)17-8-4-3-5-9-17)27-18-12-13-28(15-18)20-10-6-7-11-21(20)29-2;/h3-11,16,18H,12-15H2,1-2H3,(H2,24,25,27);1H. The molecule has 0 bridgehead atoms. The van der Waals surface area contributed by atoms with Crippen LogP contribution in [0.15, 0.2) is 70.3 Å². The first-order valence-electron chi connectivity index (χ1n) is 10.1. The van der Waals surface area contributed by atoms with Gasteiger partial charge in [-0.2, -0.15) is 0 Å². The predicted octanol–water partition coefficient (Wildman–Crippen LogP) is 3.91. The first-order chi connectivity index (χ1) is 14.8. The third kappa shape index (κ3) is 5.69. The third-order valence-corrected chi connectivity index (χ3v) is 5.19. The number of ether oxygens (including phenoxy) is 1. The fourth-order valence-corrected chi connectivity index (χ4v) is 3.65. The van der Waals surface area contributed by atoms with Gasteiger partial charge in [-0.1, -0.05) is 30.3 Å². The van der Waals surface area contributed by atoms with Gasteiger partial charge in [0.1, 0.15) is 12.0 Å². The van der Waals surface area contributed by atoms with Gasteiger partial charge in [0, 0.05) is 31.7 Å². The summed E-state index contributed by atoms with van der Waals surface area (Å²) < 4.78 is 11.1. The summed E-state index contributed by atoms with van der Waals surface area (Å²) in [6.07, 6.45) is 2.71. The molecule has 2 N–H and O–H groups in total. The van der Waals surface area contributed by atoms with Crippen molar-refractivity contribution in [2.24, 2.45) is 4.99 Å². The van der Waals surface area contributed by atoms with Crippen LogP contribution < -0.4 is 20.3 Å². The molecule has 2 heterocycles. The predicted molar refractivity (Wildman–Crippen MR) is 134 cm³/mol. The van der Waals surface area contributed by atoms with Gasteiger partial charge < -0.3 is 24.7 Å². The van der Waals surface area contributed by atoms with Gasteiger partial charge >= 0.3 is 0 Å². The zero-order valence-corrected chi connectivity index (χ0v) is 20.1. The molecule has 1 aromatic heterocycles. The Hall–Kier alpha value is -2.75. The maximum Gasteiger partial charge on any atom is 0.226 e. The van der Waals surface area contributed by atoms with Crippen LogP contribution in [0.2, 0.25) is 0 Å². The molecule has 7 nitrogen and oxygen atoms in total. The van der Waals surface area contributed by atoms with E-state index in [0.717, 1.165) is 48.2 Å². The minimum absolute atomic E-state index is 0. The lowest BCUT2D eigenvalue weighted by Gasteiger charge is -2.22. The number of rotatable bonds is 6. The number of aliphatic imine (C=N–C) groups is 1. The van der Waals surface area contributed by atoms with Gasteiger partial charge in [-0.3, -0.25) is 4.99 Å². The molecule has 0 amide bonds. The van der Waals surface area contributed by atoms with Gasteiger partial charge in [-0.15, -0.1) is 24.0 Å². The highest BCUT2D eigenvalue weighted by Crippen LogP contribution is 2.30. The molecule has 3 aromatic rings. The van der Waals surface area contributed by atoms with Crippen molar-refractivity contribution in [1.29, 1.82) is 0 Å². The van der Waals surface area contributed by atoms with E-state index in [9.17, 15) is 0 Å². The molecule has 1 fully saturated rings. The van der Waals surface area contributed by atoms with Gasteiger partial charge in [0.15, 0.2) is 5.96 Å². The second-order valence-electron chi connectivity index (χ2n) is 7.18. The number of nitrogens with one attached hydrogen (secondary N) is 2. The Morgan fingerprint density at radius 1 is 1.19 bits per heavy atom. The summed E-state index contributed by atoms with van der Waals surface area (Å²) in [5.41, 5.74) is 2.93. The van der Waals surface area contributed by atoms with Crippen molar-refractivity contribution in [3.8, 4) is 17.2 Å². The normalized spacial score (nSPS) is 16.0. The molecule has 0 radical (unpaired) electrons. The molecule has 0 saturated carbocycles. The van der Waals surface area contributed by atoms with Crippen LogP contribution in [-0.2, 0) is 6.54 Å². The van der Waals surface area contributed by atoms with Crippen molar-refractivity contribution in [1.82, 2.24) is 15.6 Å². The van der Waals surface area contributed by atoms with Crippen LogP contribution in [0.3, 0.4) is 0 Å². The van der Waals surface area contributed by atoms with Gasteiger partial charge in [0.2, 0.25) is 5.89 Å². The maximum absolute atomic E-state index is 5.61. The van der Waals surface area contributed by atoms with Gasteiger partial charge in [0.25, 0.3) is 0 Å². The lowest BCUT2D eigenvalue weighted by Crippen LogP contribution is -2.44. The van der Waals surface area contributed by atoms with Crippen LogP contribution in [-0.4, -0.2) is 44.2 Å². The number of oxazole rings is 1. The topological polar surface area (TPSA) is 74.9 Å². The van der Waals surface area contributed by atoms with Gasteiger partial charge in [0.05, 0.1) is 25.0 Å². The van der Waals surface area contributed by atoms with Crippen molar-refractivity contribution in [2.75, 3.05) is 32.1 Å². The van der Waals surface area contributed by atoms with Crippen LogP contribution in [0.5, 0.6) is 5.75 Å². The summed E-state index contributed by atoms with van der Waals surface area (Å²) >= 11 is 0. The number of methoxy groups -OCH3 is 1. The van der Waals surface area contributed by atoms with Crippen molar-refractivity contribution in [2.45, 2.75) is 19.0 Å². The first kappa shape index (κ1) is 22.9. The minimum atomic E-state index is 0. The maximum atomic E-state index is 5.61. The molecule has 0 aliphatic carbocycles. The quantitative estimate of drug-likeness (QED) is 0.285. The van der Waals surface area contributed by atoms with Crippen molar-refractivity contribution < 1.29 is 9.15 Å². The number of hydrogen-bond acceptors (Lipinski definition) is 5. The van der Waals surface area contributed by atoms with Gasteiger partial charge in [-0.05, 0) is 30.7 Å². The number of aromatic nitrogens is 1. The Morgan fingerprint density at radius 2 is 1.97 bits per heavy atom. The lowest BCUT2D eigenvalue weighted by molar-refractivity contribution is 0.415. The average Bonchev–Trinajstić information content (AvgIpc) is 3.47. The number of nitrogens with zero attached hydrogens (tertiary/aromatic N) is 3. The summed E-state index contributed by atoms with van der Waals surface area (Å²) in [6, 6.07) is 18.3. The molecule has 0 spiro atoms. The van der Waals surface area contributed by atoms with E-state index < -0.39 is 0 Å². The first-order valence-corrected chi connectivity index (χ1v) is 10.1. The Balaban J connectivity index is 0.00000272. The van der Waals surface area contributed by atoms with E-state index in [0.29, 0.717) is 18.5 Å². The number of guanidine groups is 1. The van der Waals surface area contributed by atoms with E-state index in [2.05, 4.69) is 31.6 Å². The fraction of sp³-hybridized carbons (Fsp3) is 0.304. The molecular formula is C23H28IN5O2. The van der Waals surface area contributed by atoms with E-state index >= 15 is 0 Å². The fourth-order valence-electron chi connectivity index (χ4n) is 3.65. The smallest absolute Gasteiger partial charge is 0.226 e. The molecule has 4 rings (SSSR count). The van der Waals surface area contributed by atoms with Crippen molar-refractivity contribution in [3.63, 3.8) is 0 Å². The molecule has 1 saturated heterocycles. The molecule has 31 heavy (non-hydrogen) atoms. The molecule has 1 aliphatic rings. The summed E-state index contributed by atoms with van der Waals surface area (Å²) in [4.78, 5) is 11.3. The summed E-state index contributed by atoms with van der Waals surface area (Å²) in [7, 11) is 3.49. The molecule has 164 valence electrons. The van der Waals surface area contributed by atoms with E-state index in [4.69, 9.17) is 9.15 Å². The summed E-state index contributed by atoms with van der Waals surface area (Å²) in [5.74, 6) is 2.28. The molecule has 1 atom stereocenters. The Bertz CT molecular complexity index is 992. The monoisotopic (exact) mass is 533 g/mol. The Morgan fingerprint density at radius 3 is 2.74 bits per heavy atom. The third-order valence-electron chi connectivity index (χ3n) is 5.19. The van der Waals surface area contributed by atoms with Crippen LogP contribution >= 0.6 is 24.0 Å². The molecule has 2 aromatic carbocycles. The number of hydrogen-bond donors (Lipinski definition) is 2. The Kier molecular flexibility index (Phi) is 8.16. The highest BCUT2D eigenvalue weighted by atomic mass is 127. The van der Waals surface area contributed by atoms with E-state index in [1.165, 1.54) is 0 Å². The molecule has 8 heteroatoms. The van der Waals surface area contributed by atoms with E-state index in [1.54, 1.807) is 20.4 Å². The van der Waals surface area contributed by atoms with Crippen molar-refractivity contribution >= 4 is 35.6 Å². The van der Waals surface area contributed by atoms with E-state index in [-0.39, 0.29) is 24.0 Å². The van der Waals surface area contributed by atoms with Crippen LogP contribution in [0.4, 0.5) is 5.69 Å². The zero-order chi connectivity index (χ0) is 20.8. The average molecular weight is 533 g/mol. The van der Waals surface area contributed by atoms with Crippen LogP contribution in [0, 0.1) is 0 Å². The van der Waals surface area contributed by atoms with Crippen molar-refractivity contribution in [3.05, 3.63) is 66.6 Å². The SMILES string of the molecule is CN=C(NCc1coc(-c2ccccc2)n1)NC1CCN(c2ccccc2OC)C1.I. The van der Waals surface area contributed by atoms with Gasteiger partial charge in [-0.25, -0.2) is 4.98 Å². The lowest BCUT2D eigenvalue weighted by atomic mass is 10.2. The molecular weight excluding hydrogens is 505 g/mol. The largest absolute Gasteiger partial charge is 0.495 e. The highest BCUT2D eigenvalue weighted by molar-refractivity contribution is 14.0. The number of anilines is 1. The minimum Gasteiger partial charge on any atom is -0.495 e. The summed E-state index contributed by atoms with van der Waals surface area (Å²) in [5, 5.41) is 6.84. The van der Waals surface area contributed by atoms with Crippen LogP contribution in [0.1, 0.15) is 12.1 Å². The number of para-hydroxylation sites is 2. The van der Waals surface area contributed by atoms with E-state index in [1.807, 2.05) is 48.5 Å². The second kappa shape index (κ2) is 11.0.